The molecule has 10 N–H and O–H groups in total. The Morgan fingerprint density at radius 3 is 1.17 bits per heavy atom. The smallest absolute Gasteiger partial charge is 0.493 e. The van der Waals surface area contributed by atoms with Crippen LogP contribution in [-0.2, 0) is 143 Å². The Hall–Kier alpha value is -11.0. The number of carbonyl (C=O) groups excluding carboxylic acids is 8. The summed E-state index contributed by atoms with van der Waals surface area (Å²) in [7, 11) is -15.7. The van der Waals surface area contributed by atoms with Crippen LogP contribution in [0.2, 0.25) is 0 Å². The number of ketones is 2. The lowest BCUT2D eigenvalue weighted by atomic mass is 9.91. The summed E-state index contributed by atoms with van der Waals surface area (Å²) in [5.74, 6) is -2.52. The summed E-state index contributed by atoms with van der Waals surface area (Å²) >= 11 is 0. The largest absolute Gasteiger partial charge is 0.594 e. The average Bonchev–Trinajstić information content (AvgIpc) is 1.57. The quantitative estimate of drug-likeness (QED) is 0.00872. The van der Waals surface area contributed by atoms with Crippen molar-refractivity contribution in [2.45, 2.75) is 251 Å². The van der Waals surface area contributed by atoms with Crippen molar-refractivity contribution in [3.8, 4) is 0 Å². The summed E-state index contributed by atoms with van der Waals surface area (Å²) in [5.41, 5.74) is 7.46. The number of rotatable bonds is 26. The molecular formula is C101H145N11O27S5. The van der Waals surface area contributed by atoms with Gasteiger partial charge in [-0.3, -0.25) is 45.5 Å². The van der Waals surface area contributed by atoms with Gasteiger partial charge in [-0.25, -0.2) is 24.6 Å². The number of aliphatic hydroxyl groups is 1. The van der Waals surface area contributed by atoms with Gasteiger partial charge in [0.15, 0.2) is 30.0 Å². The van der Waals surface area contributed by atoms with E-state index in [9.17, 15) is 85.6 Å². The highest BCUT2D eigenvalue weighted by atomic mass is 32.2. The van der Waals surface area contributed by atoms with Crippen molar-refractivity contribution < 1.29 is 126 Å². The standard InChI is InChI=1S/C32H45N3O8S.C24H37N3O5.C12H19N3O4S.C9H12O3S.2C8H11NO3S.C8H10O/c1-31(2,3)43-30(39)33-25-16-11-6-4-5-10-15-24-21-32(24,22-27(36)26-17-12-19-35(26)28(25)37)29(38)34-44(40,41)42-20-18-23-13-8-7-9-14-23;1-23(2,3)32-22(31)26-17-11-8-6-4-5-7-10-16-14-24(16,21(25)30)15-19(28)18-12-9-13-27(18)20(17)29;1-12(2,3)19-11(16)13-20(17,18)15-8-6-10(7-9-15)14(4)5;1-13(10,11)12-8-7-9-5-3-2-4-6-9;2*9-13(10,11)12-7-6-8-4-2-1-3-5-8;9-7-6-8-4-2-1-3-5-8/h7-10,13-15,24-26H,4-6,11-12,16-22H2,1-3H3,(H,33,39)(H,34,38);7,10,16-18H,4-6,8-9,11-15H2,1-3H3,(H2,25,30)(H,26,31);6-9H,1-5H3;2-6H,7-8H2,1H3;2*1-5H,6-7H2,(H2,9,10,11);1-5,9H,6-7H2/b15-10-;10-7-;;;;;/t24-,25+,26+,32-;16-,17+,18+,24-;;;;;/m11...../s1. The summed E-state index contributed by atoms with van der Waals surface area (Å²) in [5, 5.41) is 34.7. The maximum absolute atomic E-state index is 13.7. The zero-order valence-electron chi connectivity index (χ0n) is 84.3. The Morgan fingerprint density at radius 1 is 0.479 bits per heavy atom. The van der Waals surface area contributed by atoms with E-state index in [2.05, 4.69) is 48.7 Å². The minimum Gasteiger partial charge on any atom is -0.594 e. The predicted octanol–water partition coefficient (Wildman–Crippen LogP) is 9.81. The summed E-state index contributed by atoms with van der Waals surface area (Å²) in [6.07, 6.45) is 22.6. The van der Waals surface area contributed by atoms with Crippen molar-refractivity contribution in [1.29, 1.82) is 0 Å². The normalized spacial score (nSPS) is 21.1. The van der Waals surface area contributed by atoms with E-state index >= 15 is 0 Å². The lowest BCUT2D eigenvalue weighted by Gasteiger charge is -2.30. The highest BCUT2D eigenvalue weighted by Crippen LogP contribution is 2.58. The van der Waals surface area contributed by atoms with Crippen LogP contribution in [0.4, 0.5) is 15.3 Å². The van der Waals surface area contributed by atoms with Gasteiger partial charge < -0.3 is 55.5 Å². The van der Waals surface area contributed by atoms with Gasteiger partial charge in [-0.05, 0) is 190 Å². The molecule has 2 aliphatic carbocycles. The van der Waals surface area contributed by atoms with Crippen LogP contribution in [0.25, 0.3) is 0 Å². The number of aliphatic hydroxyl groups excluding tert-OH is 1. The number of hydrogen-bond acceptors (Lipinski definition) is 28. The lowest BCUT2D eigenvalue weighted by Crippen LogP contribution is -2.52. The van der Waals surface area contributed by atoms with Crippen LogP contribution >= 0.6 is 0 Å². The van der Waals surface area contributed by atoms with Crippen LogP contribution < -0.4 is 45.3 Å². The number of amides is 6. The minimum absolute atomic E-state index is 0.00113. The van der Waals surface area contributed by atoms with Crippen molar-refractivity contribution in [3.63, 3.8) is 0 Å². The fraction of sp³-hybridized carbons (Fsp3) is 0.525. The third kappa shape index (κ3) is 47.0. The molecule has 6 aromatic rings. The van der Waals surface area contributed by atoms with Gasteiger partial charge in [-0.1, -0.05) is 231 Å². The minimum atomic E-state index is -4.40. The molecule has 12 rings (SSSR count). The Kier molecular flexibility index (Phi) is 48.9. The van der Waals surface area contributed by atoms with E-state index < -0.39 is 133 Å². The van der Waals surface area contributed by atoms with Crippen LogP contribution in [0.15, 0.2) is 205 Å². The monoisotopic (exact) mass is 2100 g/mol. The second-order valence-corrected chi connectivity index (χ2v) is 45.5. The predicted molar refractivity (Wildman–Crippen MR) is 543 cm³/mol. The lowest BCUT2D eigenvalue weighted by molar-refractivity contribution is -0.511. The molecule has 2 saturated heterocycles. The van der Waals surface area contributed by atoms with Crippen LogP contribution in [0.3, 0.4) is 0 Å². The fourth-order valence-corrected chi connectivity index (χ4v) is 18.4. The van der Waals surface area contributed by atoms with Gasteiger partial charge in [0.1, 0.15) is 23.3 Å². The SMILES string of the molecule is CC(C)(C)OC(=O)N[C@H]1CCCCC/C=C\[C@@H]2C[C@@]2(C(=O)NS(=O)(=O)OCCc2ccccc2)CC(=O)[C@@H]2CCCN2C1=O.CC(C)(C)OC(=O)N[C@H]1CCCCC/C=C\[C@@H]2C[C@@]2(C(N)=O)CC(=O)[C@@H]2CCCN2C1=O.CN(C)c1cc[n+](S(=O)(=O)N=C([O-])OC(C)(C)C)cc1.CS(=O)(=O)OCCc1ccccc1.NS(=O)(=O)OCCc1ccccc1.NS(=O)(=O)OCCc1ccccc1.OCCc1ccccc1. The Labute approximate surface area is 849 Å². The summed E-state index contributed by atoms with van der Waals surface area (Å²) in [4.78, 5) is 110. The van der Waals surface area contributed by atoms with E-state index in [1.165, 1.54) is 22.9 Å². The highest BCUT2D eigenvalue weighted by molar-refractivity contribution is 7.86. The maximum atomic E-state index is 13.7. The zero-order valence-corrected chi connectivity index (χ0v) is 88.4. The molecule has 38 nitrogen and oxygen atoms in total. The van der Waals surface area contributed by atoms with Crippen molar-refractivity contribution in [3.05, 3.63) is 228 Å². The molecule has 1 aromatic heterocycles. The number of Topliss-reactive ketones (excluding diaryl/α,β-unsaturated/α-hetero) is 2. The van der Waals surface area contributed by atoms with Crippen LogP contribution in [-0.4, -0.2) is 218 Å². The zero-order chi connectivity index (χ0) is 107. The van der Waals surface area contributed by atoms with Crippen LogP contribution in [0.5, 0.6) is 0 Å². The maximum Gasteiger partial charge on any atom is 0.493 e. The first-order valence-electron chi connectivity index (χ1n) is 47.9. The number of hydrogen-bond donors (Lipinski definition) is 7. The molecule has 8 atom stereocenters. The number of nitrogens with zero attached hydrogens (tertiary/aromatic N) is 5. The molecule has 0 unspecified atom stereocenters. The third-order valence-electron chi connectivity index (χ3n) is 23.0. The number of ether oxygens (including phenoxy) is 3. The summed E-state index contributed by atoms with van der Waals surface area (Å²) < 4.78 is 152. The molecule has 5 heterocycles. The van der Waals surface area contributed by atoms with Crippen molar-refractivity contribution in [2.75, 3.05) is 71.4 Å². The number of fused-ring (bicyclic) bond motifs is 4. The first-order valence-corrected chi connectivity index (χ1v) is 55.5. The number of alkyl carbamates (subject to hydrolysis) is 2. The van der Waals surface area contributed by atoms with E-state index in [1.807, 2.05) is 189 Å². The van der Waals surface area contributed by atoms with Crippen LogP contribution in [0.1, 0.15) is 206 Å². The van der Waals surface area contributed by atoms with Gasteiger partial charge in [-0.15, -0.1) is 8.42 Å². The second kappa shape index (κ2) is 57.8. The van der Waals surface area contributed by atoms with E-state index in [4.69, 9.17) is 29.2 Å². The first-order chi connectivity index (χ1) is 67.5. The van der Waals surface area contributed by atoms with Gasteiger partial charge >= 0.3 is 53.3 Å². The van der Waals surface area contributed by atoms with Crippen molar-refractivity contribution >= 4 is 110 Å². The molecule has 0 bridgehead atoms. The number of aromatic nitrogens is 1. The summed E-state index contributed by atoms with van der Waals surface area (Å²) in [6.45, 7) is 16.7. The molecule has 5 aromatic carbocycles. The Bertz CT molecular complexity index is 5610. The van der Waals surface area contributed by atoms with Gasteiger partial charge in [0.25, 0.3) is 10.1 Å². The average molecular weight is 2110 g/mol. The van der Waals surface area contributed by atoms with Crippen LogP contribution in [0, 0.1) is 22.7 Å². The molecular weight excluding hydrogens is 1960 g/mol. The third-order valence-corrected chi connectivity index (χ3v) is 26.7. The second-order valence-electron chi connectivity index (χ2n) is 38.6. The number of pyridine rings is 1. The molecule has 0 spiro atoms. The fourth-order valence-electron chi connectivity index (χ4n) is 15.8. The molecule has 0 radical (unpaired) electrons. The number of benzene rings is 5. The van der Waals surface area contributed by atoms with E-state index in [1.54, 1.807) is 79.3 Å². The Morgan fingerprint density at radius 2 is 0.826 bits per heavy atom. The molecule has 43 heteroatoms. The Balaban J connectivity index is 0.000000277. The van der Waals surface area contributed by atoms with Gasteiger partial charge in [0.2, 0.25) is 23.6 Å². The van der Waals surface area contributed by atoms with E-state index in [0.29, 0.717) is 96.6 Å². The molecule has 4 aliphatic heterocycles. The van der Waals surface area contributed by atoms with Gasteiger partial charge in [0, 0.05) is 70.1 Å². The number of primary amides is 1. The first kappa shape index (κ1) is 122. The van der Waals surface area contributed by atoms with E-state index in [-0.39, 0.29) is 81.1 Å². The molecule has 6 aliphatic rings. The molecule has 6 amide bonds. The van der Waals surface area contributed by atoms with Crippen molar-refractivity contribution in [2.24, 2.45) is 43.1 Å². The molecule has 2 saturated carbocycles. The van der Waals surface area contributed by atoms with Gasteiger partial charge in [0.05, 0.1) is 55.6 Å². The molecule has 796 valence electrons. The number of nitrogens with one attached hydrogen (secondary N) is 3. The molecule has 4 fully saturated rings. The number of allylic oxidation sites excluding steroid dienone is 4. The number of nitrogens with two attached hydrogens (primary N) is 3. The highest BCUT2D eigenvalue weighted by Gasteiger charge is 2.62. The molecule has 144 heavy (non-hydrogen) atoms. The number of anilines is 1. The topological polar surface area (TPSA) is 555 Å². The van der Waals surface area contributed by atoms with Gasteiger partial charge in [-0.2, -0.15) is 33.7 Å². The summed E-state index contributed by atoms with van der Waals surface area (Å²) in [6, 6.07) is 48.0. The number of carbonyl (C=O) groups is 8. The van der Waals surface area contributed by atoms with Crippen molar-refractivity contribution in [1.82, 2.24) is 25.2 Å². The van der Waals surface area contributed by atoms with E-state index in [0.717, 1.165) is 89.5 Å².